The summed E-state index contributed by atoms with van der Waals surface area (Å²) in [6.45, 7) is 1.31. The van der Waals surface area contributed by atoms with Crippen molar-refractivity contribution < 1.29 is 4.79 Å². The summed E-state index contributed by atoms with van der Waals surface area (Å²) in [5, 5.41) is 18.6. The van der Waals surface area contributed by atoms with Gasteiger partial charge in [0.1, 0.15) is 4.88 Å². The highest BCUT2D eigenvalue weighted by Crippen LogP contribution is 2.32. The summed E-state index contributed by atoms with van der Waals surface area (Å²) in [4.78, 5) is 26.1. The number of carbonyl (C=O) groups is 1. The molecule has 0 radical (unpaired) electrons. The standard InChI is InChI=1S/C27H25N7OS/c1-33(2)27(31-17-28)34-13-10-18-7-8-20(15-24(18)34)32-26(35)25-23(11-14-36-25)30-16-19-9-12-29-22-6-4-3-5-21(19)22/h3-9,11-12,14-15,30H,10,13,16H2,1-2H3,(H,32,35)/b31-27+. The second-order valence-corrected chi connectivity index (χ2v) is 9.53. The first-order chi connectivity index (χ1) is 17.5. The molecule has 4 aromatic rings. The Kier molecular flexibility index (Phi) is 6.52. The van der Waals surface area contributed by atoms with Crippen LogP contribution in [0, 0.1) is 11.5 Å². The summed E-state index contributed by atoms with van der Waals surface area (Å²) in [6, 6.07) is 17.8. The molecule has 5 rings (SSSR count). The minimum atomic E-state index is -0.171. The number of para-hydroxylation sites is 1. The molecule has 8 nitrogen and oxygen atoms in total. The molecule has 0 atom stereocenters. The van der Waals surface area contributed by atoms with Crippen LogP contribution < -0.4 is 15.5 Å². The van der Waals surface area contributed by atoms with Crippen LogP contribution in [0.1, 0.15) is 20.8 Å². The van der Waals surface area contributed by atoms with Crippen LogP contribution in [-0.4, -0.2) is 42.4 Å². The van der Waals surface area contributed by atoms with Gasteiger partial charge < -0.3 is 20.4 Å². The van der Waals surface area contributed by atoms with Gasteiger partial charge in [-0.05, 0) is 53.3 Å². The van der Waals surface area contributed by atoms with Gasteiger partial charge in [0.2, 0.25) is 12.2 Å². The lowest BCUT2D eigenvalue weighted by atomic mass is 10.1. The molecule has 1 aliphatic rings. The van der Waals surface area contributed by atoms with Gasteiger partial charge >= 0.3 is 0 Å². The minimum absolute atomic E-state index is 0.171. The molecule has 0 fully saturated rings. The number of rotatable bonds is 5. The molecular formula is C27H25N7OS. The number of benzene rings is 2. The molecule has 2 aromatic heterocycles. The maximum absolute atomic E-state index is 13.2. The van der Waals surface area contributed by atoms with E-state index in [0.29, 0.717) is 23.1 Å². The molecule has 0 saturated carbocycles. The Hall–Kier alpha value is -4.42. The zero-order valence-corrected chi connectivity index (χ0v) is 20.8. The molecule has 0 bridgehead atoms. The number of carbonyl (C=O) groups excluding carboxylic acids is 1. The van der Waals surface area contributed by atoms with Crippen molar-refractivity contribution in [2.75, 3.05) is 36.2 Å². The number of aliphatic imine (C=N–C) groups is 1. The van der Waals surface area contributed by atoms with E-state index in [-0.39, 0.29) is 5.91 Å². The highest BCUT2D eigenvalue weighted by atomic mass is 32.1. The normalized spacial score (nSPS) is 12.8. The number of guanidine groups is 1. The Labute approximate surface area is 213 Å². The van der Waals surface area contributed by atoms with Gasteiger partial charge in [-0.1, -0.05) is 24.3 Å². The van der Waals surface area contributed by atoms with E-state index in [1.165, 1.54) is 11.3 Å². The van der Waals surface area contributed by atoms with Crippen molar-refractivity contribution >= 4 is 51.2 Å². The highest BCUT2D eigenvalue weighted by Gasteiger charge is 2.25. The molecule has 0 saturated heterocycles. The van der Waals surface area contributed by atoms with Crippen molar-refractivity contribution in [1.29, 1.82) is 5.26 Å². The molecule has 1 amide bonds. The molecular weight excluding hydrogens is 470 g/mol. The number of thiophene rings is 1. The average Bonchev–Trinajstić information content (AvgIpc) is 3.53. The van der Waals surface area contributed by atoms with Crippen molar-refractivity contribution in [2.24, 2.45) is 4.99 Å². The van der Waals surface area contributed by atoms with Gasteiger partial charge in [0.15, 0.2) is 0 Å². The summed E-state index contributed by atoms with van der Waals surface area (Å²) < 4.78 is 0. The zero-order chi connectivity index (χ0) is 25.1. The second kappa shape index (κ2) is 10.1. The van der Waals surface area contributed by atoms with E-state index in [2.05, 4.69) is 26.7 Å². The first-order valence-electron chi connectivity index (χ1n) is 11.5. The largest absolute Gasteiger partial charge is 0.380 e. The van der Waals surface area contributed by atoms with Crippen molar-refractivity contribution in [3.05, 3.63) is 82.2 Å². The number of amides is 1. The molecule has 1 aliphatic heterocycles. The predicted molar refractivity (Wildman–Crippen MR) is 146 cm³/mol. The van der Waals surface area contributed by atoms with Crippen LogP contribution in [0.2, 0.25) is 0 Å². The highest BCUT2D eigenvalue weighted by molar-refractivity contribution is 7.12. The smallest absolute Gasteiger partial charge is 0.267 e. The molecule has 0 aliphatic carbocycles. The Morgan fingerprint density at radius 2 is 2.08 bits per heavy atom. The van der Waals surface area contributed by atoms with Crippen LogP contribution in [0.5, 0.6) is 0 Å². The van der Waals surface area contributed by atoms with Crippen LogP contribution in [-0.2, 0) is 13.0 Å². The Balaban J connectivity index is 1.33. The first-order valence-corrected chi connectivity index (χ1v) is 12.4. The van der Waals surface area contributed by atoms with E-state index >= 15 is 0 Å². The lowest BCUT2D eigenvalue weighted by Crippen LogP contribution is -2.39. The number of nitriles is 1. The molecule has 0 spiro atoms. The minimum Gasteiger partial charge on any atom is -0.380 e. The monoisotopic (exact) mass is 495 g/mol. The topological polar surface area (TPSA) is 96.7 Å². The van der Waals surface area contributed by atoms with Gasteiger partial charge in [0, 0.05) is 50.1 Å². The fourth-order valence-electron chi connectivity index (χ4n) is 4.42. The molecule has 9 heteroatoms. The summed E-state index contributed by atoms with van der Waals surface area (Å²) >= 11 is 1.40. The van der Waals surface area contributed by atoms with Crippen molar-refractivity contribution in [2.45, 2.75) is 13.0 Å². The van der Waals surface area contributed by atoms with Crippen LogP contribution in [0.15, 0.2) is 71.2 Å². The van der Waals surface area contributed by atoms with E-state index < -0.39 is 0 Å². The summed E-state index contributed by atoms with van der Waals surface area (Å²) in [7, 11) is 3.72. The van der Waals surface area contributed by atoms with Crippen LogP contribution in [0.3, 0.4) is 0 Å². The SMILES string of the molecule is CN(C)/C(=N\C#N)N1CCc2ccc(NC(=O)c3sccc3NCc3ccnc4ccccc34)cc21. The third-order valence-corrected chi connectivity index (χ3v) is 7.02. The zero-order valence-electron chi connectivity index (χ0n) is 20.0. The van der Waals surface area contributed by atoms with Crippen molar-refractivity contribution in [3.63, 3.8) is 0 Å². The number of pyridine rings is 1. The first kappa shape index (κ1) is 23.3. The van der Waals surface area contributed by atoms with Crippen molar-refractivity contribution in [1.82, 2.24) is 9.88 Å². The molecule has 2 N–H and O–H groups in total. The number of anilines is 3. The number of nitrogens with zero attached hydrogens (tertiary/aromatic N) is 5. The third-order valence-electron chi connectivity index (χ3n) is 6.11. The fraction of sp³-hybridized carbons (Fsp3) is 0.185. The molecule has 2 aromatic carbocycles. The van der Waals surface area contributed by atoms with E-state index in [1.54, 1.807) is 6.20 Å². The van der Waals surface area contributed by atoms with Gasteiger partial charge in [0.25, 0.3) is 5.91 Å². The lowest BCUT2D eigenvalue weighted by molar-refractivity contribution is 0.103. The molecule has 180 valence electrons. The maximum Gasteiger partial charge on any atom is 0.267 e. The van der Waals surface area contributed by atoms with Crippen molar-refractivity contribution in [3.8, 4) is 6.19 Å². The van der Waals surface area contributed by atoms with Gasteiger partial charge in [-0.2, -0.15) is 5.26 Å². The third kappa shape index (κ3) is 4.59. The van der Waals surface area contributed by atoms with E-state index in [4.69, 9.17) is 5.26 Å². The average molecular weight is 496 g/mol. The molecule has 3 heterocycles. The molecule has 36 heavy (non-hydrogen) atoms. The lowest BCUT2D eigenvalue weighted by Gasteiger charge is -2.26. The second-order valence-electron chi connectivity index (χ2n) is 8.61. The van der Waals surface area contributed by atoms with Crippen LogP contribution >= 0.6 is 11.3 Å². The number of aromatic nitrogens is 1. The fourth-order valence-corrected chi connectivity index (χ4v) is 5.19. The van der Waals surface area contributed by atoms with E-state index in [9.17, 15) is 4.79 Å². The maximum atomic E-state index is 13.2. The number of fused-ring (bicyclic) bond motifs is 2. The Morgan fingerprint density at radius 1 is 1.22 bits per heavy atom. The predicted octanol–water partition coefficient (Wildman–Crippen LogP) is 4.92. The van der Waals surface area contributed by atoms with Crippen LogP contribution in [0.25, 0.3) is 10.9 Å². The van der Waals surface area contributed by atoms with Gasteiger partial charge in [-0.25, -0.2) is 0 Å². The summed E-state index contributed by atoms with van der Waals surface area (Å²) in [5.74, 6) is 0.406. The van der Waals surface area contributed by atoms with Gasteiger partial charge in [-0.3, -0.25) is 9.78 Å². The number of hydrogen-bond acceptors (Lipinski definition) is 6. The van der Waals surface area contributed by atoms with Gasteiger partial charge in [-0.15, -0.1) is 16.3 Å². The van der Waals surface area contributed by atoms with Gasteiger partial charge in [0.05, 0.1) is 11.2 Å². The summed E-state index contributed by atoms with van der Waals surface area (Å²) in [6.07, 6.45) is 4.55. The quantitative estimate of drug-likeness (QED) is 0.232. The Morgan fingerprint density at radius 3 is 2.92 bits per heavy atom. The van der Waals surface area contributed by atoms with E-state index in [0.717, 1.165) is 46.4 Å². The van der Waals surface area contributed by atoms with Crippen LogP contribution in [0.4, 0.5) is 17.1 Å². The molecule has 0 unspecified atom stereocenters. The Bertz CT molecular complexity index is 1500. The number of hydrogen-bond donors (Lipinski definition) is 2. The summed E-state index contributed by atoms with van der Waals surface area (Å²) in [5.41, 5.74) is 5.65. The van der Waals surface area contributed by atoms with E-state index in [1.807, 2.05) is 84.0 Å². The number of nitrogens with one attached hydrogen (secondary N) is 2.